The number of hydrogen-bond acceptors (Lipinski definition) is 7. The van der Waals surface area contributed by atoms with E-state index in [2.05, 4.69) is 18.0 Å². The highest BCUT2D eigenvalue weighted by Gasteiger charge is 2.41. The van der Waals surface area contributed by atoms with Crippen LogP contribution < -0.4 is 4.74 Å². The number of amides is 2. The van der Waals surface area contributed by atoms with E-state index in [1.165, 1.54) is 10.5 Å². The molecule has 0 unspecified atom stereocenters. The van der Waals surface area contributed by atoms with E-state index in [-0.39, 0.29) is 6.61 Å². The van der Waals surface area contributed by atoms with E-state index < -0.39 is 23.3 Å². The number of benzene rings is 2. The van der Waals surface area contributed by atoms with Crippen molar-refractivity contribution < 1.29 is 19.1 Å². The summed E-state index contributed by atoms with van der Waals surface area (Å²) in [6, 6.07) is 20.8. The Balaban J connectivity index is 1.35. The number of carbonyl (C=O) groups excluding carboxylic acids is 2. The maximum absolute atomic E-state index is 13.4. The molecule has 0 spiro atoms. The van der Waals surface area contributed by atoms with Crippen LogP contribution in [0.25, 0.3) is 0 Å². The number of aryl methyl sites for hydroxylation is 1. The zero-order chi connectivity index (χ0) is 26.0. The van der Waals surface area contributed by atoms with E-state index in [9.17, 15) is 14.9 Å². The molecule has 7 nitrogen and oxygen atoms in total. The van der Waals surface area contributed by atoms with Crippen LogP contribution >= 0.6 is 11.8 Å². The number of thiocyanates is 1. The minimum Gasteiger partial charge on any atom is -0.493 e. The summed E-state index contributed by atoms with van der Waals surface area (Å²) in [6.45, 7) is 2.75. The van der Waals surface area contributed by atoms with Gasteiger partial charge in [0.25, 0.3) is 0 Å². The van der Waals surface area contributed by atoms with Crippen molar-refractivity contribution >= 4 is 23.8 Å². The van der Waals surface area contributed by atoms with Crippen LogP contribution in [0.4, 0.5) is 4.79 Å². The second-order valence-corrected chi connectivity index (χ2v) is 9.77. The molecule has 3 aromatic rings. The molecule has 0 bridgehead atoms. The lowest BCUT2D eigenvalue weighted by Crippen LogP contribution is -2.45. The van der Waals surface area contributed by atoms with Crippen LogP contribution in [-0.2, 0) is 35.2 Å². The summed E-state index contributed by atoms with van der Waals surface area (Å²) in [5.74, 6) is 0.313. The van der Waals surface area contributed by atoms with Crippen molar-refractivity contribution in [2.45, 2.75) is 43.9 Å². The lowest BCUT2D eigenvalue weighted by molar-refractivity contribution is -0.128. The fourth-order valence-electron chi connectivity index (χ4n) is 4.19. The van der Waals surface area contributed by atoms with Crippen molar-refractivity contribution in [1.82, 2.24) is 9.88 Å². The SMILES string of the molecule is CCc1ccc(CCOc2ccc(C[C@@H](SC#N)C(=O)N3C(=O)OC[C@H]3Cc3ccccc3)cc2)nc1. The van der Waals surface area contributed by atoms with Gasteiger partial charge in [0.1, 0.15) is 23.0 Å². The highest BCUT2D eigenvalue weighted by Crippen LogP contribution is 2.25. The van der Waals surface area contributed by atoms with Crippen molar-refractivity contribution in [3.63, 3.8) is 0 Å². The van der Waals surface area contributed by atoms with Gasteiger partial charge in [0, 0.05) is 18.3 Å². The molecular formula is C29H29N3O4S. The van der Waals surface area contributed by atoms with Crippen molar-refractivity contribution in [2.24, 2.45) is 0 Å². The third-order valence-corrected chi connectivity index (χ3v) is 7.01. The van der Waals surface area contributed by atoms with Gasteiger partial charge in [-0.15, -0.1) is 0 Å². The molecular weight excluding hydrogens is 486 g/mol. The molecule has 0 aliphatic carbocycles. The Hall–Kier alpha value is -3.83. The summed E-state index contributed by atoms with van der Waals surface area (Å²) in [6.07, 6.45) is 3.73. The number of nitriles is 1. The number of nitrogens with zero attached hydrogens (tertiary/aromatic N) is 3. The van der Waals surface area contributed by atoms with Gasteiger partial charge in [0.15, 0.2) is 0 Å². The molecule has 2 amide bonds. The zero-order valence-electron chi connectivity index (χ0n) is 20.7. The van der Waals surface area contributed by atoms with Crippen molar-refractivity contribution in [3.05, 3.63) is 95.3 Å². The molecule has 1 saturated heterocycles. The van der Waals surface area contributed by atoms with Crippen LogP contribution in [0.3, 0.4) is 0 Å². The zero-order valence-corrected chi connectivity index (χ0v) is 21.5. The quantitative estimate of drug-likeness (QED) is 0.333. The van der Waals surface area contributed by atoms with Gasteiger partial charge in [-0.05, 0) is 65.9 Å². The molecule has 0 N–H and O–H groups in total. The predicted octanol–water partition coefficient (Wildman–Crippen LogP) is 4.98. The summed E-state index contributed by atoms with van der Waals surface area (Å²) in [5.41, 5.74) is 4.07. The first kappa shape index (κ1) is 26.2. The summed E-state index contributed by atoms with van der Waals surface area (Å²) in [5, 5.41) is 10.6. The van der Waals surface area contributed by atoms with Crippen molar-refractivity contribution in [2.75, 3.05) is 13.2 Å². The topological polar surface area (TPSA) is 92.5 Å². The van der Waals surface area contributed by atoms with E-state index in [1.54, 1.807) is 0 Å². The monoisotopic (exact) mass is 515 g/mol. The predicted molar refractivity (Wildman–Crippen MR) is 142 cm³/mol. The van der Waals surface area contributed by atoms with Crippen LogP contribution in [0.1, 0.15) is 29.3 Å². The molecule has 2 aromatic carbocycles. The van der Waals surface area contributed by atoms with Crippen LogP contribution in [0.5, 0.6) is 5.75 Å². The number of imide groups is 1. The van der Waals surface area contributed by atoms with E-state index in [1.807, 2.05) is 72.3 Å². The number of aromatic nitrogens is 1. The first-order valence-electron chi connectivity index (χ1n) is 12.3. The van der Waals surface area contributed by atoms with E-state index in [0.29, 0.717) is 25.9 Å². The molecule has 190 valence electrons. The Labute approximate surface area is 221 Å². The maximum atomic E-state index is 13.4. The number of rotatable bonds is 11. The third-order valence-electron chi connectivity index (χ3n) is 6.25. The lowest BCUT2D eigenvalue weighted by Gasteiger charge is -2.23. The summed E-state index contributed by atoms with van der Waals surface area (Å²) >= 11 is 0.863. The Bertz CT molecular complexity index is 1230. The van der Waals surface area contributed by atoms with Gasteiger partial charge in [-0.25, -0.2) is 9.69 Å². The van der Waals surface area contributed by atoms with Gasteiger partial charge in [0.05, 0.1) is 12.6 Å². The van der Waals surface area contributed by atoms with Gasteiger partial charge in [0.2, 0.25) is 5.91 Å². The van der Waals surface area contributed by atoms with Crippen LogP contribution in [0, 0.1) is 10.7 Å². The average Bonchev–Trinajstić information content (AvgIpc) is 3.29. The van der Waals surface area contributed by atoms with E-state index in [0.717, 1.165) is 40.8 Å². The van der Waals surface area contributed by atoms with Gasteiger partial charge in [-0.1, -0.05) is 55.5 Å². The van der Waals surface area contributed by atoms with Crippen molar-refractivity contribution in [1.29, 1.82) is 5.26 Å². The third kappa shape index (κ3) is 7.11. The Morgan fingerprint density at radius 1 is 1.14 bits per heavy atom. The van der Waals surface area contributed by atoms with E-state index >= 15 is 0 Å². The number of cyclic esters (lactones) is 1. The Morgan fingerprint density at radius 3 is 2.57 bits per heavy atom. The number of thioether (sulfide) groups is 1. The fourth-order valence-corrected chi connectivity index (χ4v) is 4.80. The van der Waals surface area contributed by atoms with Gasteiger partial charge < -0.3 is 9.47 Å². The van der Waals surface area contributed by atoms with Crippen LogP contribution in [0.2, 0.25) is 0 Å². The van der Waals surface area contributed by atoms with Gasteiger partial charge in [-0.2, -0.15) is 5.26 Å². The molecule has 2 heterocycles. The summed E-state index contributed by atoms with van der Waals surface area (Å²) in [4.78, 5) is 31.4. The minimum absolute atomic E-state index is 0.147. The highest BCUT2D eigenvalue weighted by atomic mass is 32.2. The largest absolute Gasteiger partial charge is 0.493 e. The molecule has 1 fully saturated rings. The summed E-state index contributed by atoms with van der Waals surface area (Å²) in [7, 11) is 0. The Morgan fingerprint density at radius 2 is 1.89 bits per heavy atom. The average molecular weight is 516 g/mol. The highest BCUT2D eigenvalue weighted by molar-refractivity contribution is 8.04. The molecule has 4 rings (SSSR count). The molecule has 1 aromatic heterocycles. The number of pyridine rings is 1. The molecule has 2 atom stereocenters. The Kier molecular flexibility index (Phi) is 9.17. The summed E-state index contributed by atoms with van der Waals surface area (Å²) < 4.78 is 11.1. The molecule has 0 radical (unpaired) electrons. The second-order valence-electron chi connectivity index (χ2n) is 8.78. The number of carbonyl (C=O) groups is 2. The molecule has 0 saturated carbocycles. The molecule has 1 aliphatic heterocycles. The van der Waals surface area contributed by atoms with E-state index in [4.69, 9.17) is 9.47 Å². The number of hydrogen-bond donors (Lipinski definition) is 0. The number of ether oxygens (including phenoxy) is 2. The normalized spacial score (nSPS) is 15.6. The first-order chi connectivity index (χ1) is 18.1. The minimum atomic E-state index is -0.724. The smallest absolute Gasteiger partial charge is 0.417 e. The van der Waals surface area contributed by atoms with Gasteiger partial charge >= 0.3 is 6.09 Å². The van der Waals surface area contributed by atoms with Gasteiger partial charge in [-0.3, -0.25) is 9.78 Å². The second kappa shape index (κ2) is 12.9. The van der Waals surface area contributed by atoms with Crippen LogP contribution in [-0.4, -0.2) is 46.4 Å². The molecule has 8 heteroatoms. The van der Waals surface area contributed by atoms with Crippen molar-refractivity contribution in [3.8, 4) is 11.2 Å². The molecule has 37 heavy (non-hydrogen) atoms. The maximum Gasteiger partial charge on any atom is 0.417 e. The standard InChI is InChI=1S/C29H29N3O4S/c1-2-21-8-11-24(31-18-21)14-15-35-26-12-9-23(10-13-26)17-27(37-20-30)28(33)32-25(19-36-29(32)34)16-22-6-4-3-5-7-22/h3-13,18,25,27H,2,14-17,19H2,1H3/t25-,27-/m1/s1. The first-order valence-corrected chi connectivity index (χ1v) is 13.2. The van der Waals surface area contributed by atoms with Crippen LogP contribution in [0.15, 0.2) is 72.9 Å². The molecule has 1 aliphatic rings. The lowest BCUT2D eigenvalue weighted by atomic mass is 10.0. The fraction of sp³-hybridized carbons (Fsp3) is 0.310.